The van der Waals surface area contributed by atoms with Crippen LogP contribution < -0.4 is 6.15 Å². The van der Waals surface area contributed by atoms with Gasteiger partial charge in [-0.15, -0.1) is 0 Å². The maximum Gasteiger partial charge on any atom is 0.330 e. The van der Waals surface area contributed by atoms with E-state index in [4.69, 9.17) is 4.74 Å². The number of hydrogen-bond acceptors (Lipinski definition) is 6. The molecular weight excluding hydrogens is 286 g/mol. The quantitative estimate of drug-likeness (QED) is 0.316. The van der Waals surface area contributed by atoms with Crippen molar-refractivity contribution in [3.8, 4) is 0 Å². The highest BCUT2D eigenvalue weighted by molar-refractivity contribution is 7.80. The SMILES string of the molecule is C=CC(=O)OCCC(C)(C)C(C)(CC)OS(=O)(=O)[O-].[NH4+]. The minimum absolute atomic E-state index is 0. The maximum atomic E-state index is 10.9. The molecule has 0 aliphatic carbocycles. The minimum atomic E-state index is -4.80. The van der Waals surface area contributed by atoms with Crippen LogP contribution in [-0.2, 0) is 24.1 Å². The van der Waals surface area contributed by atoms with E-state index in [1.807, 2.05) is 0 Å². The van der Waals surface area contributed by atoms with E-state index in [-0.39, 0.29) is 12.8 Å². The molecule has 1 unspecified atom stereocenters. The van der Waals surface area contributed by atoms with Crippen molar-refractivity contribution in [1.82, 2.24) is 6.15 Å². The van der Waals surface area contributed by atoms with Gasteiger partial charge in [-0.2, -0.15) is 0 Å². The van der Waals surface area contributed by atoms with Gasteiger partial charge in [-0.1, -0.05) is 27.4 Å². The first kappa shape index (κ1) is 21.3. The van der Waals surface area contributed by atoms with E-state index in [0.29, 0.717) is 12.8 Å². The summed E-state index contributed by atoms with van der Waals surface area (Å²) in [6, 6.07) is 0. The number of carbonyl (C=O) groups excluding carboxylic acids is 1. The predicted molar refractivity (Wildman–Crippen MR) is 75.0 cm³/mol. The molecule has 0 fully saturated rings. The molecule has 0 heterocycles. The number of rotatable bonds is 8. The van der Waals surface area contributed by atoms with E-state index in [2.05, 4.69) is 10.8 Å². The van der Waals surface area contributed by atoms with Crippen molar-refractivity contribution in [2.45, 2.75) is 46.1 Å². The van der Waals surface area contributed by atoms with Gasteiger partial charge in [-0.25, -0.2) is 13.2 Å². The zero-order valence-electron chi connectivity index (χ0n) is 12.8. The van der Waals surface area contributed by atoms with Crippen LogP contribution in [0.2, 0.25) is 0 Å². The molecule has 0 spiro atoms. The largest absolute Gasteiger partial charge is 0.726 e. The Morgan fingerprint density at radius 3 is 2.20 bits per heavy atom. The van der Waals surface area contributed by atoms with Gasteiger partial charge in [0.25, 0.3) is 0 Å². The molecule has 4 N–H and O–H groups in total. The van der Waals surface area contributed by atoms with E-state index < -0.39 is 27.4 Å². The smallest absolute Gasteiger partial charge is 0.330 e. The summed E-state index contributed by atoms with van der Waals surface area (Å²) in [7, 11) is -4.80. The molecule has 120 valence electrons. The van der Waals surface area contributed by atoms with E-state index in [1.54, 1.807) is 27.7 Å². The van der Waals surface area contributed by atoms with E-state index in [0.717, 1.165) is 6.08 Å². The van der Waals surface area contributed by atoms with Crippen LogP contribution in [-0.4, -0.2) is 31.1 Å². The topological polar surface area (TPSA) is 129 Å². The average Bonchev–Trinajstić information content (AvgIpc) is 2.25. The lowest BCUT2D eigenvalue weighted by molar-refractivity contribution is -0.139. The van der Waals surface area contributed by atoms with Crippen molar-refractivity contribution < 1.29 is 26.7 Å². The first-order valence-electron chi connectivity index (χ1n) is 5.93. The molecule has 0 radical (unpaired) electrons. The lowest BCUT2D eigenvalue weighted by atomic mass is 9.72. The van der Waals surface area contributed by atoms with Crippen molar-refractivity contribution in [2.24, 2.45) is 5.41 Å². The third-order valence-corrected chi connectivity index (χ3v) is 4.10. The van der Waals surface area contributed by atoms with Crippen LogP contribution in [0.5, 0.6) is 0 Å². The molecule has 0 saturated heterocycles. The first-order chi connectivity index (χ1) is 8.47. The van der Waals surface area contributed by atoms with Gasteiger partial charge in [0.15, 0.2) is 0 Å². The zero-order chi connectivity index (χ0) is 15.3. The Morgan fingerprint density at radius 2 is 1.85 bits per heavy atom. The molecule has 0 rings (SSSR count). The van der Waals surface area contributed by atoms with E-state index in [1.165, 1.54) is 0 Å². The molecular formula is C12H25NO6S. The Balaban J connectivity index is 0. The highest BCUT2D eigenvalue weighted by Gasteiger charge is 2.42. The van der Waals surface area contributed by atoms with Crippen LogP contribution in [0.25, 0.3) is 0 Å². The molecule has 20 heavy (non-hydrogen) atoms. The van der Waals surface area contributed by atoms with E-state index in [9.17, 15) is 17.8 Å². The lowest BCUT2D eigenvalue weighted by Gasteiger charge is -2.43. The highest BCUT2D eigenvalue weighted by Crippen LogP contribution is 2.40. The minimum Gasteiger partial charge on any atom is -0.726 e. The van der Waals surface area contributed by atoms with Crippen molar-refractivity contribution in [3.05, 3.63) is 12.7 Å². The summed E-state index contributed by atoms with van der Waals surface area (Å²) in [4.78, 5) is 10.9. The van der Waals surface area contributed by atoms with Crippen LogP contribution >= 0.6 is 0 Å². The summed E-state index contributed by atoms with van der Waals surface area (Å²) in [5.41, 5.74) is -1.82. The molecule has 8 heteroatoms. The summed E-state index contributed by atoms with van der Waals surface area (Å²) >= 11 is 0. The van der Waals surface area contributed by atoms with Crippen molar-refractivity contribution in [3.63, 3.8) is 0 Å². The Kier molecular flexibility index (Phi) is 8.24. The standard InChI is InChI=1S/C12H22O6S.H3N/c1-6-10(13)17-9-8-11(3,4)12(5,7-2)18-19(14,15)16;/h6H,1,7-9H2,2-5H3,(H,14,15,16);1H3. The number of carbonyl (C=O) groups is 1. The third-order valence-electron chi connectivity index (χ3n) is 3.53. The molecule has 1 atom stereocenters. The van der Waals surface area contributed by atoms with Gasteiger partial charge in [0.05, 0.1) is 12.2 Å². The van der Waals surface area contributed by atoms with Gasteiger partial charge in [0.1, 0.15) is 0 Å². The second-order valence-electron chi connectivity index (χ2n) is 5.08. The Hall–Kier alpha value is -0.960. The number of ether oxygens (including phenoxy) is 1. The fourth-order valence-electron chi connectivity index (χ4n) is 1.61. The van der Waals surface area contributed by atoms with Gasteiger partial charge in [-0.3, -0.25) is 4.18 Å². The predicted octanol–water partition coefficient (Wildman–Crippen LogP) is 2.15. The molecule has 0 aromatic carbocycles. The van der Waals surface area contributed by atoms with Crippen molar-refractivity contribution >= 4 is 16.4 Å². The van der Waals surface area contributed by atoms with Crippen molar-refractivity contribution in [2.75, 3.05) is 6.61 Å². The molecule has 0 aromatic rings. The fourth-order valence-corrected chi connectivity index (χ4v) is 2.40. The maximum absolute atomic E-state index is 10.9. The lowest BCUT2D eigenvalue weighted by Crippen LogP contribution is -2.46. The Bertz CT molecular complexity index is 431. The third kappa shape index (κ3) is 6.47. The van der Waals surface area contributed by atoms with Gasteiger partial charge < -0.3 is 15.4 Å². The Morgan fingerprint density at radius 1 is 1.35 bits per heavy atom. The molecule has 0 aliphatic heterocycles. The summed E-state index contributed by atoms with van der Waals surface area (Å²) in [5.74, 6) is -0.550. The van der Waals surface area contributed by atoms with Gasteiger partial charge in [-0.05, 0) is 25.2 Å². The highest BCUT2D eigenvalue weighted by atomic mass is 32.3. The zero-order valence-corrected chi connectivity index (χ0v) is 13.6. The number of esters is 1. The summed E-state index contributed by atoms with van der Waals surface area (Å²) in [6.45, 7) is 10.1. The summed E-state index contributed by atoms with van der Waals surface area (Å²) < 4.78 is 41.9. The van der Waals surface area contributed by atoms with E-state index >= 15 is 0 Å². The van der Waals surface area contributed by atoms with Gasteiger partial charge in [0, 0.05) is 6.08 Å². The van der Waals surface area contributed by atoms with Crippen LogP contribution in [0.4, 0.5) is 0 Å². The first-order valence-corrected chi connectivity index (χ1v) is 7.26. The van der Waals surface area contributed by atoms with Gasteiger partial charge in [0.2, 0.25) is 10.4 Å². The molecule has 0 amide bonds. The van der Waals surface area contributed by atoms with Crippen molar-refractivity contribution in [1.29, 1.82) is 0 Å². The second-order valence-corrected chi connectivity index (χ2v) is 6.06. The normalized spacial score (nSPS) is 14.8. The van der Waals surface area contributed by atoms with Crippen LogP contribution in [0.1, 0.15) is 40.5 Å². The molecule has 0 saturated carbocycles. The van der Waals surface area contributed by atoms with Crippen LogP contribution in [0, 0.1) is 5.41 Å². The molecule has 7 nitrogen and oxygen atoms in total. The monoisotopic (exact) mass is 311 g/mol. The fraction of sp³-hybridized carbons (Fsp3) is 0.750. The summed E-state index contributed by atoms with van der Waals surface area (Å²) in [5, 5.41) is 0. The molecule has 0 aliphatic rings. The second kappa shape index (κ2) is 7.72. The Labute approximate surface area is 120 Å². The van der Waals surface area contributed by atoms with Crippen LogP contribution in [0.3, 0.4) is 0 Å². The van der Waals surface area contributed by atoms with Gasteiger partial charge >= 0.3 is 5.97 Å². The number of hydrogen-bond donors (Lipinski definition) is 1. The molecule has 0 bridgehead atoms. The molecule has 0 aromatic heterocycles. The summed E-state index contributed by atoms with van der Waals surface area (Å²) in [6.07, 6.45) is 1.73. The number of quaternary nitrogens is 1. The van der Waals surface area contributed by atoms with Crippen LogP contribution in [0.15, 0.2) is 12.7 Å². The average molecular weight is 311 g/mol.